The highest BCUT2D eigenvalue weighted by atomic mass is 32.2. The molecule has 35 heavy (non-hydrogen) atoms. The molecule has 9 heteroatoms. The van der Waals surface area contributed by atoms with Crippen LogP contribution in [0.2, 0.25) is 0 Å². The van der Waals surface area contributed by atoms with E-state index in [-0.39, 0.29) is 11.9 Å². The second-order valence-electron chi connectivity index (χ2n) is 8.59. The summed E-state index contributed by atoms with van der Waals surface area (Å²) in [5.41, 5.74) is 2.13. The minimum Gasteiger partial charge on any atom is -0.497 e. The molecule has 0 saturated carbocycles. The van der Waals surface area contributed by atoms with E-state index in [9.17, 15) is 4.79 Å². The number of carbonyl (C=O) groups is 1. The van der Waals surface area contributed by atoms with Gasteiger partial charge in [0, 0.05) is 11.4 Å². The molecule has 3 aromatic rings. The molecule has 0 aliphatic carbocycles. The van der Waals surface area contributed by atoms with E-state index >= 15 is 0 Å². The Hall–Kier alpha value is -3.35. The van der Waals surface area contributed by atoms with E-state index in [4.69, 9.17) is 10.00 Å². The predicted molar refractivity (Wildman–Crippen MR) is 137 cm³/mol. The summed E-state index contributed by atoms with van der Waals surface area (Å²) in [5, 5.41) is 21.2. The molecule has 0 spiro atoms. The maximum atomic E-state index is 12.9. The molecule has 2 heterocycles. The summed E-state index contributed by atoms with van der Waals surface area (Å²) >= 11 is 1.37. The molecule has 1 aliphatic rings. The molecule has 0 radical (unpaired) electrons. The Morgan fingerprint density at radius 1 is 1.06 bits per heavy atom. The van der Waals surface area contributed by atoms with E-state index in [0.29, 0.717) is 16.4 Å². The topological polar surface area (TPSA) is 96.1 Å². The number of likely N-dealkylation sites (tertiary alicyclic amines) is 1. The molecule has 1 aromatic heterocycles. The Kier molecular flexibility index (Phi) is 8.06. The fraction of sp³-hybridized carbons (Fsp3) is 0.385. The van der Waals surface area contributed by atoms with Crippen LogP contribution >= 0.6 is 11.8 Å². The molecular formula is C26H30N6O2S. The zero-order valence-electron chi connectivity index (χ0n) is 20.3. The van der Waals surface area contributed by atoms with Gasteiger partial charge in [0.25, 0.3) is 0 Å². The Bertz CT molecular complexity index is 1180. The van der Waals surface area contributed by atoms with Gasteiger partial charge in [0.05, 0.1) is 30.0 Å². The van der Waals surface area contributed by atoms with Crippen LogP contribution in [0.3, 0.4) is 0 Å². The summed E-state index contributed by atoms with van der Waals surface area (Å²) in [5.74, 6) is 1.49. The van der Waals surface area contributed by atoms with E-state index in [0.717, 1.165) is 30.4 Å². The lowest BCUT2D eigenvalue weighted by atomic mass is 10.1. The van der Waals surface area contributed by atoms with Gasteiger partial charge >= 0.3 is 0 Å². The minimum absolute atomic E-state index is 0.0991. The first-order valence-corrected chi connectivity index (χ1v) is 12.7. The number of methoxy groups -OCH3 is 1. The number of rotatable bonds is 8. The van der Waals surface area contributed by atoms with Gasteiger partial charge in [-0.2, -0.15) is 5.26 Å². The number of carbonyl (C=O) groups excluding carboxylic acids is 1. The number of anilines is 1. The number of hydrogen-bond acceptors (Lipinski definition) is 7. The summed E-state index contributed by atoms with van der Waals surface area (Å²) in [6.07, 6.45) is 3.64. The molecule has 1 aliphatic heterocycles. The summed E-state index contributed by atoms with van der Waals surface area (Å²) in [4.78, 5) is 15.4. The third-order valence-corrected chi connectivity index (χ3v) is 7.28. The lowest BCUT2D eigenvalue weighted by Crippen LogP contribution is -2.33. The first kappa shape index (κ1) is 24.8. The van der Waals surface area contributed by atoms with Crippen LogP contribution in [0.25, 0.3) is 5.69 Å². The number of thioether (sulfide) groups is 1. The highest BCUT2D eigenvalue weighted by Crippen LogP contribution is 2.32. The maximum absolute atomic E-state index is 12.9. The largest absolute Gasteiger partial charge is 0.497 e. The third kappa shape index (κ3) is 5.84. The second kappa shape index (κ2) is 11.4. The Morgan fingerprint density at radius 3 is 2.37 bits per heavy atom. The molecule has 0 bridgehead atoms. The van der Waals surface area contributed by atoms with Gasteiger partial charge in [-0.25, -0.2) is 0 Å². The SMILES string of the molecule is COc1ccc(-n2c(S[C@@H](C)C(=O)Nc3ccc(C#N)cc3)nnc2[C@H](C)N2CCCCC2)cc1. The summed E-state index contributed by atoms with van der Waals surface area (Å²) < 4.78 is 7.38. The standard InChI is InChI=1S/C26H30N6O2S/c1-18(31-15-5-4-6-16-31)24-29-30-26(32(24)22-11-13-23(34-3)14-12-22)35-19(2)25(33)28-21-9-7-20(17-27)8-10-21/h7-14,18-19H,4-6,15-16H2,1-3H3,(H,28,33)/t18-,19-/m0/s1. The molecule has 1 fully saturated rings. The van der Waals surface area contributed by atoms with Crippen LogP contribution < -0.4 is 10.1 Å². The van der Waals surface area contributed by atoms with Crippen LogP contribution in [-0.4, -0.2) is 51.0 Å². The third-order valence-electron chi connectivity index (χ3n) is 6.23. The lowest BCUT2D eigenvalue weighted by Gasteiger charge is -2.32. The molecular weight excluding hydrogens is 460 g/mol. The van der Waals surface area contributed by atoms with Gasteiger partial charge in [-0.3, -0.25) is 14.3 Å². The van der Waals surface area contributed by atoms with Gasteiger partial charge in [0.15, 0.2) is 11.0 Å². The van der Waals surface area contributed by atoms with E-state index in [1.54, 1.807) is 31.4 Å². The second-order valence-corrected chi connectivity index (χ2v) is 9.89. The van der Waals surface area contributed by atoms with E-state index in [1.165, 1.54) is 31.0 Å². The average molecular weight is 491 g/mol. The normalized spacial score (nSPS) is 15.7. The van der Waals surface area contributed by atoms with Crippen molar-refractivity contribution in [1.82, 2.24) is 19.7 Å². The van der Waals surface area contributed by atoms with Crippen LogP contribution in [0.5, 0.6) is 5.75 Å². The van der Waals surface area contributed by atoms with Crippen LogP contribution in [0.4, 0.5) is 5.69 Å². The lowest BCUT2D eigenvalue weighted by molar-refractivity contribution is -0.115. The van der Waals surface area contributed by atoms with Gasteiger partial charge in [0.1, 0.15) is 5.75 Å². The van der Waals surface area contributed by atoms with Crippen molar-refractivity contribution in [3.63, 3.8) is 0 Å². The summed E-state index contributed by atoms with van der Waals surface area (Å²) in [6.45, 7) is 6.11. The number of nitrogens with one attached hydrogen (secondary N) is 1. The fourth-order valence-electron chi connectivity index (χ4n) is 4.15. The Morgan fingerprint density at radius 2 is 1.74 bits per heavy atom. The summed E-state index contributed by atoms with van der Waals surface area (Å²) in [7, 11) is 1.65. The first-order chi connectivity index (χ1) is 17.0. The molecule has 182 valence electrons. The molecule has 1 amide bonds. The predicted octanol–water partition coefficient (Wildman–Crippen LogP) is 4.81. The van der Waals surface area contributed by atoms with Gasteiger partial charge in [-0.05, 0) is 88.3 Å². The van der Waals surface area contributed by atoms with Crippen LogP contribution in [-0.2, 0) is 4.79 Å². The zero-order chi connectivity index (χ0) is 24.8. The van der Waals surface area contributed by atoms with Gasteiger partial charge < -0.3 is 10.1 Å². The molecule has 8 nitrogen and oxygen atoms in total. The fourth-order valence-corrected chi connectivity index (χ4v) is 5.03. The minimum atomic E-state index is -0.412. The van der Waals surface area contributed by atoms with Crippen LogP contribution in [0, 0.1) is 11.3 Å². The van der Waals surface area contributed by atoms with E-state index < -0.39 is 5.25 Å². The van der Waals surface area contributed by atoms with Crippen molar-refractivity contribution in [2.24, 2.45) is 0 Å². The van der Waals surface area contributed by atoms with Gasteiger partial charge in [-0.15, -0.1) is 10.2 Å². The number of piperidine rings is 1. The van der Waals surface area contributed by atoms with Crippen molar-refractivity contribution < 1.29 is 9.53 Å². The molecule has 2 aromatic carbocycles. The molecule has 4 rings (SSSR count). The maximum Gasteiger partial charge on any atom is 0.237 e. The first-order valence-electron chi connectivity index (χ1n) is 11.8. The van der Waals surface area contributed by atoms with Crippen molar-refractivity contribution >= 4 is 23.4 Å². The van der Waals surface area contributed by atoms with Crippen LogP contribution in [0.15, 0.2) is 53.7 Å². The average Bonchev–Trinajstić information content (AvgIpc) is 3.32. The van der Waals surface area contributed by atoms with Crippen molar-refractivity contribution in [2.75, 3.05) is 25.5 Å². The Labute approximate surface area is 210 Å². The van der Waals surface area contributed by atoms with E-state index in [1.807, 2.05) is 31.2 Å². The number of nitrogens with zero attached hydrogens (tertiary/aromatic N) is 5. The van der Waals surface area contributed by atoms with Crippen molar-refractivity contribution in [3.05, 3.63) is 59.9 Å². The van der Waals surface area contributed by atoms with Crippen molar-refractivity contribution in [1.29, 1.82) is 5.26 Å². The number of ether oxygens (including phenoxy) is 1. The Balaban J connectivity index is 1.58. The molecule has 2 atom stereocenters. The van der Waals surface area contributed by atoms with Gasteiger partial charge in [-0.1, -0.05) is 18.2 Å². The molecule has 1 N–H and O–H groups in total. The quantitative estimate of drug-likeness (QED) is 0.453. The number of aromatic nitrogens is 3. The zero-order valence-corrected chi connectivity index (χ0v) is 21.1. The number of nitriles is 1. The van der Waals surface area contributed by atoms with Crippen molar-refractivity contribution in [2.45, 2.75) is 49.6 Å². The highest BCUT2D eigenvalue weighted by molar-refractivity contribution is 8.00. The van der Waals surface area contributed by atoms with Crippen LogP contribution in [0.1, 0.15) is 50.5 Å². The van der Waals surface area contributed by atoms with E-state index in [2.05, 4.69) is 38.0 Å². The summed E-state index contributed by atoms with van der Waals surface area (Å²) in [6, 6.07) is 16.8. The number of amides is 1. The molecule has 0 unspecified atom stereocenters. The smallest absolute Gasteiger partial charge is 0.237 e. The van der Waals surface area contributed by atoms with Crippen molar-refractivity contribution in [3.8, 4) is 17.5 Å². The molecule has 1 saturated heterocycles. The highest BCUT2D eigenvalue weighted by Gasteiger charge is 2.27. The van der Waals surface area contributed by atoms with Gasteiger partial charge in [0.2, 0.25) is 5.91 Å². The number of benzene rings is 2. The number of hydrogen-bond donors (Lipinski definition) is 1. The monoisotopic (exact) mass is 490 g/mol.